The number of pyridine rings is 1. The van der Waals surface area contributed by atoms with E-state index in [-0.39, 0.29) is 0 Å². The van der Waals surface area contributed by atoms with Gasteiger partial charge in [-0.25, -0.2) is 4.98 Å². The first-order chi connectivity index (χ1) is 8.20. The first-order valence-electron chi connectivity index (χ1n) is 5.71. The van der Waals surface area contributed by atoms with E-state index in [1.54, 1.807) is 6.26 Å². The second kappa shape index (κ2) is 4.91. The number of aryl methyl sites for hydroxylation is 1. The third-order valence-electron chi connectivity index (χ3n) is 2.65. The van der Waals surface area contributed by atoms with Crippen LogP contribution in [0.2, 0.25) is 0 Å². The molecule has 0 saturated heterocycles. The molecule has 0 atom stereocenters. The number of hydrogen-bond acceptors (Lipinski definition) is 4. The number of aromatic nitrogens is 1. The highest BCUT2D eigenvalue weighted by Gasteiger charge is 2.11. The minimum absolute atomic E-state index is 0.685. The molecule has 0 spiro atoms. The Kier molecular flexibility index (Phi) is 3.32. The molecule has 4 nitrogen and oxygen atoms in total. The highest BCUT2D eigenvalue weighted by atomic mass is 16.3. The molecule has 17 heavy (non-hydrogen) atoms. The van der Waals surface area contributed by atoms with E-state index >= 15 is 0 Å². The molecule has 2 aromatic rings. The minimum Gasteiger partial charge on any atom is -0.467 e. The van der Waals surface area contributed by atoms with Crippen LogP contribution in [0.25, 0.3) is 0 Å². The number of furan rings is 1. The Morgan fingerprint density at radius 2 is 2.18 bits per heavy atom. The van der Waals surface area contributed by atoms with Gasteiger partial charge in [0.15, 0.2) is 5.82 Å². The van der Waals surface area contributed by atoms with Gasteiger partial charge in [-0.05, 0) is 38.1 Å². The Balaban J connectivity index is 2.25. The number of nitrogens with two attached hydrogens (primary N) is 1. The number of nitrogens with zero attached hydrogens (tertiary/aromatic N) is 2. The molecule has 2 aromatic heterocycles. The van der Waals surface area contributed by atoms with Gasteiger partial charge in [0.2, 0.25) is 0 Å². The fourth-order valence-electron chi connectivity index (χ4n) is 1.73. The van der Waals surface area contributed by atoms with E-state index in [0.29, 0.717) is 12.2 Å². The van der Waals surface area contributed by atoms with Crippen molar-refractivity contribution in [3.63, 3.8) is 0 Å². The fraction of sp³-hybridized carbons (Fsp3) is 0.308. The zero-order valence-corrected chi connectivity index (χ0v) is 10.2. The van der Waals surface area contributed by atoms with Crippen molar-refractivity contribution in [2.45, 2.75) is 20.4 Å². The highest BCUT2D eigenvalue weighted by Crippen LogP contribution is 2.22. The minimum atomic E-state index is 0.685. The average Bonchev–Trinajstić information content (AvgIpc) is 2.82. The van der Waals surface area contributed by atoms with E-state index in [0.717, 1.165) is 23.8 Å². The van der Waals surface area contributed by atoms with Crippen molar-refractivity contribution in [1.29, 1.82) is 0 Å². The van der Waals surface area contributed by atoms with Crippen molar-refractivity contribution in [3.8, 4) is 0 Å². The number of anilines is 2. The Morgan fingerprint density at radius 3 is 2.82 bits per heavy atom. The van der Waals surface area contributed by atoms with Crippen LogP contribution in [0.4, 0.5) is 11.5 Å². The van der Waals surface area contributed by atoms with Crippen molar-refractivity contribution in [3.05, 3.63) is 42.0 Å². The van der Waals surface area contributed by atoms with E-state index < -0.39 is 0 Å². The van der Waals surface area contributed by atoms with Gasteiger partial charge >= 0.3 is 0 Å². The molecule has 2 rings (SSSR count). The first-order valence-corrected chi connectivity index (χ1v) is 5.71. The maximum absolute atomic E-state index is 5.96. The molecule has 0 fully saturated rings. The van der Waals surface area contributed by atoms with Gasteiger partial charge in [0.05, 0.1) is 18.5 Å². The van der Waals surface area contributed by atoms with Crippen LogP contribution in [0.3, 0.4) is 0 Å². The van der Waals surface area contributed by atoms with E-state index in [9.17, 15) is 0 Å². The van der Waals surface area contributed by atoms with E-state index in [2.05, 4.69) is 16.8 Å². The van der Waals surface area contributed by atoms with Crippen LogP contribution >= 0.6 is 0 Å². The number of nitrogen functional groups attached to an aromatic ring is 1. The van der Waals surface area contributed by atoms with E-state index in [4.69, 9.17) is 10.2 Å². The van der Waals surface area contributed by atoms with Gasteiger partial charge in [0.25, 0.3) is 0 Å². The second-order valence-corrected chi connectivity index (χ2v) is 3.96. The lowest BCUT2D eigenvalue weighted by Gasteiger charge is -2.22. The van der Waals surface area contributed by atoms with Gasteiger partial charge in [-0.3, -0.25) is 0 Å². The third-order valence-corrected chi connectivity index (χ3v) is 2.65. The summed E-state index contributed by atoms with van der Waals surface area (Å²) in [7, 11) is 0. The molecular formula is C13H17N3O. The molecule has 90 valence electrons. The van der Waals surface area contributed by atoms with Crippen molar-refractivity contribution in [2.75, 3.05) is 17.2 Å². The summed E-state index contributed by atoms with van der Waals surface area (Å²) in [5.74, 6) is 1.73. The zero-order valence-electron chi connectivity index (χ0n) is 10.2. The van der Waals surface area contributed by atoms with Crippen LogP contribution in [0.15, 0.2) is 34.9 Å². The van der Waals surface area contributed by atoms with Crippen LogP contribution in [-0.2, 0) is 6.54 Å². The van der Waals surface area contributed by atoms with Gasteiger partial charge < -0.3 is 15.1 Å². The molecule has 0 radical (unpaired) electrons. The maximum atomic E-state index is 5.96. The molecule has 0 aromatic carbocycles. The normalized spacial score (nSPS) is 10.5. The lowest BCUT2D eigenvalue weighted by atomic mass is 10.3. The molecule has 0 aliphatic carbocycles. The molecule has 4 heteroatoms. The Morgan fingerprint density at radius 1 is 1.35 bits per heavy atom. The Hall–Kier alpha value is -1.97. The molecule has 2 N–H and O–H groups in total. The largest absolute Gasteiger partial charge is 0.467 e. The molecule has 2 heterocycles. The molecule has 0 unspecified atom stereocenters. The monoisotopic (exact) mass is 231 g/mol. The summed E-state index contributed by atoms with van der Waals surface area (Å²) in [5, 5.41) is 0. The Labute approximate surface area is 101 Å². The van der Waals surface area contributed by atoms with Gasteiger partial charge in [-0.1, -0.05) is 0 Å². The third kappa shape index (κ3) is 2.58. The van der Waals surface area contributed by atoms with Crippen molar-refractivity contribution in [1.82, 2.24) is 4.98 Å². The van der Waals surface area contributed by atoms with E-state index in [1.807, 2.05) is 31.2 Å². The summed E-state index contributed by atoms with van der Waals surface area (Å²) in [6.07, 6.45) is 1.68. The SMILES string of the molecule is CCN(Cc1ccco1)c1nc(C)ccc1N. The van der Waals surface area contributed by atoms with Crippen molar-refractivity contribution < 1.29 is 4.42 Å². The average molecular weight is 231 g/mol. The van der Waals surface area contributed by atoms with Gasteiger partial charge in [0, 0.05) is 12.2 Å². The summed E-state index contributed by atoms with van der Waals surface area (Å²) in [4.78, 5) is 6.58. The lowest BCUT2D eigenvalue weighted by Crippen LogP contribution is -2.24. The van der Waals surface area contributed by atoms with Crippen LogP contribution in [0.1, 0.15) is 18.4 Å². The predicted molar refractivity (Wildman–Crippen MR) is 68.8 cm³/mol. The van der Waals surface area contributed by atoms with Crippen LogP contribution in [0, 0.1) is 6.92 Å². The molecule has 0 saturated carbocycles. The predicted octanol–water partition coefficient (Wildman–Crippen LogP) is 2.59. The van der Waals surface area contributed by atoms with Crippen LogP contribution in [0.5, 0.6) is 0 Å². The Bertz CT molecular complexity index is 479. The lowest BCUT2D eigenvalue weighted by molar-refractivity contribution is 0.503. The summed E-state index contributed by atoms with van der Waals surface area (Å²) in [6, 6.07) is 7.65. The molecule has 0 bridgehead atoms. The van der Waals surface area contributed by atoms with Gasteiger partial charge in [-0.2, -0.15) is 0 Å². The fourth-order valence-corrected chi connectivity index (χ4v) is 1.73. The van der Waals surface area contributed by atoms with E-state index in [1.165, 1.54) is 0 Å². The molecule has 0 amide bonds. The zero-order chi connectivity index (χ0) is 12.3. The molecule has 0 aliphatic rings. The van der Waals surface area contributed by atoms with Gasteiger partial charge in [-0.15, -0.1) is 0 Å². The summed E-state index contributed by atoms with van der Waals surface area (Å²) in [5.41, 5.74) is 7.62. The highest BCUT2D eigenvalue weighted by molar-refractivity contribution is 5.62. The standard InChI is InChI=1S/C13H17N3O/c1-3-16(9-11-5-4-8-17-11)13-12(14)7-6-10(2)15-13/h4-8H,3,9,14H2,1-2H3. The summed E-state index contributed by atoms with van der Waals surface area (Å²) >= 11 is 0. The number of hydrogen-bond donors (Lipinski definition) is 1. The quantitative estimate of drug-likeness (QED) is 0.878. The van der Waals surface area contributed by atoms with Crippen LogP contribution in [-0.4, -0.2) is 11.5 Å². The maximum Gasteiger partial charge on any atom is 0.152 e. The van der Waals surface area contributed by atoms with Crippen LogP contribution < -0.4 is 10.6 Å². The molecule has 0 aliphatic heterocycles. The molecular weight excluding hydrogens is 214 g/mol. The van der Waals surface area contributed by atoms with Gasteiger partial charge in [0.1, 0.15) is 5.76 Å². The summed E-state index contributed by atoms with van der Waals surface area (Å²) < 4.78 is 5.35. The second-order valence-electron chi connectivity index (χ2n) is 3.96. The summed E-state index contributed by atoms with van der Waals surface area (Å²) in [6.45, 7) is 5.56. The van der Waals surface area contributed by atoms with Crippen molar-refractivity contribution >= 4 is 11.5 Å². The topological polar surface area (TPSA) is 55.3 Å². The number of rotatable bonds is 4. The van der Waals surface area contributed by atoms with Crippen molar-refractivity contribution in [2.24, 2.45) is 0 Å². The first kappa shape index (κ1) is 11.5. The smallest absolute Gasteiger partial charge is 0.152 e.